The summed E-state index contributed by atoms with van der Waals surface area (Å²) in [5, 5.41) is 0. The van der Waals surface area contributed by atoms with Crippen molar-refractivity contribution < 1.29 is 0 Å². The van der Waals surface area contributed by atoms with Gasteiger partial charge in [0, 0.05) is 11.6 Å². The van der Waals surface area contributed by atoms with Gasteiger partial charge in [0.2, 0.25) is 0 Å². The second-order valence-electron chi connectivity index (χ2n) is 7.41. The first kappa shape index (κ1) is 27.5. The van der Waals surface area contributed by atoms with Gasteiger partial charge in [0.25, 0.3) is 0 Å². The molecular weight excluding hydrogens is 398 g/mol. The fourth-order valence-electron chi connectivity index (χ4n) is 3.17. The summed E-state index contributed by atoms with van der Waals surface area (Å²) in [5.41, 5.74) is 13.1. The van der Waals surface area contributed by atoms with Gasteiger partial charge in [-0.3, -0.25) is 0 Å². The third-order valence-corrected chi connectivity index (χ3v) is 4.89. The van der Waals surface area contributed by atoms with Crippen molar-refractivity contribution in [2.24, 2.45) is 11.7 Å². The molecule has 3 aromatic rings. The first-order valence-electron chi connectivity index (χ1n) is 11.6. The van der Waals surface area contributed by atoms with E-state index in [1.165, 1.54) is 22.3 Å². The summed E-state index contributed by atoms with van der Waals surface area (Å²) in [4.78, 5) is 0. The lowest BCUT2D eigenvalue weighted by Gasteiger charge is -2.11. The summed E-state index contributed by atoms with van der Waals surface area (Å²) in [6.45, 7) is 14.0. The Labute approximate surface area is 201 Å². The topological polar surface area (TPSA) is 26.0 Å². The predicted octanol–water partition coefficient (Wildman–Crippen LogP) is 9.00. The third-order valence-electron chi connectivity index (χ3n) is 4.89. The molecule has 0 amide bonds. The number of benzene rings is 3. The van der Waals surface area contributed by atoms with Crippen molar-refractivity contribution in [2.75, 3.05) is 0 Å². The highest BCUT2D eigenvalue weighted by atomic mass is 14.6. The molecule has 0 aliphatic heterocycles. The highest BCUT2D eigenvalue weighted by Gasteiger charge is 2.05. The van der Waals surface area contributed by atoms with Crippen LogP contribution in [0.5, 0.6) is 0 Å². The number of aryl methyl sites for hydroxylation is 1. The van der Waals surface area contributed by atoms with E-state index in [2.05, 4.69) is 81.1 Å². The summed E-state index contributed by atoms with van der Waals surface area (Å²) < 4.78 is 0. The van der Waals surface area contributed by atoms with Crippen LogP contribution in [-0.4, -0.2) is 0 Å². The van der Waals surface area contributed by atoms with Gasteiger partial charge >= 0.3 is 0 Å². The summed E-state index contributed by atoms with van der Waals surface area (Å²) in [7, 11) is 0. The van der Waals surface area contributed by atoms with E-state index >= 15 is 0 Å². The smallest absolute Gasteiger partial charge is 0.0353 e. The van der Waals surface area contributed by atoms with Gasteiger partial charge in [-0.05, 0) is 36.1 Å². The van der Waals surface area contributed by atoms with E-state index < -0.39 is 0 Å². The Hall–Kier alpha value is -3.58. The molecule has 1 nitrogen and oxygen atoms in total. The highest BCUT2D eigenvalue weighted by Crippen LogP contribution is 2.23. The van der Waals surface area contributed by atoms with E-state index in [0.717, 1.165) is 11.3 Å². The van der Waals surface area contributed by atoms with E-state index in [0.29, 0.717) is 0 Å². The molecule has 0 saturated carbocycles. The lowest BCUT2D eigenvalue weighted by Crippen LogP contribution is -2.01. The highest BCUT2D eigenvalue weighted by molar-refractivity contribution is 5.69. The van der Waals surface area contributed by atoms with Crippen molar-refractivity contribution >= 4 is 5.70 Å². The van der Waals surface area contributed by atoms with E-state index in [-0.39, 0.29) is 5.92 Å². The van der Waals surface area contributed by atoms with Crippen LogP contribution in [0.25, 0.3) is 16.8 Å². The third kappa shape index (κ3) is 10.1. The van der Waals surface area contributed by atoms with E-state index in [9.17, 15) is 0 Å². The van der Waals surface area contributed by atoms with Crippen LogP contribution >= 0.6 is 0 Å². The molecule has 0 fully saturated rings. The van der Waals surface area contributed by atoms with Crippen LogP contribution < -0.4 is 5.73 Å². The first-order valence-corrected chi connectivity index (χ1v) is 11.6. The first-order chi connectivity index (χ1) is 16.0. The number of hydrogen-bond donors (Lipinski definition) is 1. The predicted molar refractivity (Wildman–Crippen MR) is 149 cm³/mol. The van der Waals surface area contributed by atoms with Gasteiger partial charge in [-0.1, -0.05) is 148 Å². The molecule has 3 rings (SSSR count). The fraction of sp³-hybridized carbons (Fsp3) is 0.188. The molecule has 2 N–H and O–H groups in total. The lowest BCUT2D eigenvalue weighted by molar-refractivity contribution is 0.891. The van der Waals surface area contributed by atoms with Crippen molar-refractivity contribution in [1.82, 2.24) is 0 Å². The Morgan fingerprint density at radius 3 is 1.79 bits per heavy atom. The van der Waals surface area contributed by atoms with Crippen molar-refractivity contribution in [3.05, 3.63) is 139 Å². The summed E-state index contributed by atoms with van der Waals surface area (Å²) in [5.74, 6) is 0.230. The zero-order chi connectivity index (χ0) is 24.5. The standard InChI is InChI=1S/C23H25N.C7H8.C2H6/c1-4-9-19(10-5-2)18(3)17-23(24)22-15-13-21(14-16-22)20-11-7-6-8-12-20;1-7-5-3-2-4-6-7;1-2/h4-18H,1,24H2,2-3H3;2-6H,1H3;1-2H3/b10-5-,19-9+,23-17-;;. The van der Waals surface area contributed by atoms with Crippen LogP contribution in [0.3, 0.4) is 0 Å². The van der Waals surface area contributed by atoms with Crippen LogP contribution in [0.4, 0.5) is 0 Å². The molecule has 0 bridgehead atoms. The summed E-state index contributed by atoms with van der Waals surface area (Å²) in [6.07, 6.45) is 10.0. The van der Waals surface area contributed by atoms with Crippen molar-refractivity contribution in [2.45, 2.75) is 34.6 Å². The Morgan fingerprint density at radius 2 is 1.33 bits per heavy atom. The molecule has 0 aliphatic rings. The minimum Gasteiger partial charge on any atom is -0.398 e. The maximum atomic E-state index is 6.30. The number of rotatable bonds is 6. The molecule has 172 valence electrons. The zero-order valence-electron chi connectivity index (χ0n) is 20.8. The zero-order valence-corrected chi connectivity index (χ0v) is 20.8. The Kier molecular flexibility index (Phi) is 13.4. The molecule has 0 aliphatic carbocycles. The normalized spacial score (nSPS) is 12.2. The largest absolute Gasteiger partial charge is 0.398 e. The van der Waals surface area contributed by atoms with Gasteiger partial charge in [-0.2, -0.15) is 0 Å². The lowest BCUT2D eigenvalue weighted by atomic mass is 9.96. The molecule has 1 heteroatoms. The van der Waals surface area contributed by atoms with E-state index in [4.69, 9.17) is 5.73 Å². The van der Waals surface area contributed by atoms with Gasteiger partial charge in [0.15, 0.2) is 0 Å². The van der Waals surface area contributed by atoms with Crippen LogP contribution in [0, 0.1) is 12.8 Å². The molecule has 1 atom stereocenters. The minimum absolute atomic E-state index is 0.230. The second-order valence-corrected chi connectivity index (χ2v) is 7.41. The van der Waals surface area contributed by atoms with E-state index in [1.807, 2.05) is 75.4 Å². The van der Waals surface area contributed by atoms with Gasteiger partial charge in [0.05, 0.1) is 0 Å². The summed E-state index contributed by atoms with van der Waals surface area (Å²) in [6, 6.07) is 29.0. The van der Waals surface area contributed by atoms with Gasteiger partial charge < -0.3 is 5.73 Å². The Bertz CT molecular complexity index is 1010. The Morgan fingerprint density at radius 1 is 0.818 bits per heavy atom. The van der Waals surface area contributed by atoms with Gasteiger partial charge in [0.1, 0.15) is 0 Å². The number of allylic oxidation sites excluding steroid dienone is 6. The molecule has 0 radical (unpaired) electrons. The maximum Gasteiger partial charge on any atom is 0.0353 e. The van der Waals surface area contributed by atoms with Crippen LogP contribution in [0.1, 0.15) is 38.8 Å². The molecule has 33 heavy (non-hydrogen) atoms. The second kappa shape index (κ2) is 16.1. The minimum atomic E-state index is 0.230. The average molecular weight is 438 g/mol. The monoisotopic (exact) mass is 437 g/mol. The quantitative estimate of drug-likeness (QED) is 0.382. The van der Waals surface area contributed by atoms with E-state index in [1.54, 1.807) is 0 Å². The molecule has 0 heterocycles. The molecule has 0 saturated heterocycles. The maximum absolute atomic E-state index is 6.30. The average Bonchev–Trinajstić information content (AvgIpc) is 2.86. The molecular formula is C32H39N. The molecule has 1 unspecified atom stereocenters. The van der Waals surface area contributed by atoms with Crippen molar-refractivity contribution in [3.63, 3.8) is 0 Å². The van der Waals surface area contributed by atoms with Crippen LogP contribution in [0.15, 0.2) is 127 Å². The van der Waals surface area contributed by atoms with Crippen LogP contribution in [-0.2, 0) is 0 Å². The Balaban J connectivity index is 0.000000508. The summed E-state index contributed by atoms with van der Waals surface area (Å²) >= 11 is 0. The molecule has 0 spiro atoms. The SMILES string of the molecule is C=C/C=C(\C=C/C)C(C)/C=C(\N)c1ccc(-c2ccccc2)cc1.CC.Cc1ccccc1. The molecule has 0 aromatic heterocycles. The van der Waals surface area contributed by atoms with Gasteiger partial charge in [-0.25, -0.2) is 0 Å². The van der Waals surface area contributed by atoms with Crippen LogP contribution in [0.2, 0.25) is 0 Å². The number of nitrogens with two attached hydrogens (primary N) is 1. The fourth-order valence-corrected chi connectivity index (χ4v) is 3.17. The number of hydrogen-bond acceptors (Lipinski definition) is 1. The van der Waals surface area contributed by atoms with Gasteiger partial charge in [-0.15, -0.1) is 0 Å². The van der Waals surface area contributed by atoms with Crippen molar-refractivity contribution in [3.8, 4) is 11.1 Å². The van der Waals surface area contributed by atoms with Crippen molar-refractivity contribution in [1.29, 1.82) is 0 Å². The molecule has 3 aromatic carbocycles.